The average molecular weight is 347 g/mol. The molecule has 3 rings (SSSR count). The van der Waals surface area contributed by atoms with E-state index in [0.29, 0.717) is 12.8 Å². The molecule has 1 heterocycles. The van der Waals surface area contributed by atoms with E-state index < -0.39 is 23.2 Å². The zero-order chi connectivity index (χ0) is 16.8. The fourth-order valence-electron chi connectivity index (χ4n) is 2.78. The van der Waals surface area contributed by atoms with E-state index in [2.05, 4.69) is 10.6 Å². The second-order valence-electron chi connectivity index (χ2n) is 5.97. The molecule has 1 aromatic carbocycles. The topological polar surface area (TPSA) is 58.2 Å². The van der Waals surface area contributed by atoms with Crippen LogP contribution in [0.1, 0.15) is 30.4 Å². The van der Waals surface area contributed by atoms with E-state index in [1.54, 1.807) is 0 Å². The smallest absolute Gasteiger partial charge is 0.355 e. The summed E-state index contributed by atoms with van der Waals surface area (Å²) in [7, 11) is 0. The van der Waals surface area contributed by atoms with Crippen LogP contribution in [0.2, 0.25) is 5.02 Å². The number of benzene rings is 1. The lowest BCUT2D eigenvalue weighted by molar-refractivity contribution is -0.137. The van der Waals surface area contributed by atoms with Gasteiger partial charge in [0.1, 0.15) is 0 Å². The van der Waals surface area contributed by atoms with Gasteiger partial charge in [-0.25, -0.2) is 0 Å². The molecule has 1 unspecified atom stereocenters. The molecule has 0 bridgehead atoms. The fourth-order valence-corrected chi connectivity index (χ4v) is 3.08. The Hall–Kier alpha value is -1.76. The van der Waals surface area contributed by atoms with Crippen molar-refractivity contribution in [1.82, 2.24) is 10.6 Å². The number of carbonyl (C=O) groups excluding carboxylic acids is 2. The molecule has 2 amide bonds. The molecule has 1 aliphatic carbocycles. The van der Waals surface area contributed by atoms with Gasteiger partial charge in [-0.15, -0.1) is 0 Å². The van der Waals surface area contributed by atoms with Crippen molar-refractivity contribution in [1.29, 1.82) is 0 Å². The maximum absolute atomic E-state index is 12.9. The number of alkyl halides is 3. The Kier molecular flexibility index (Phi) is 3.78. The molecular formula is C15H14ClF3N2O2. The molecule has 1 saturated heterocycles. The number of halogens is 4. The molecule has 1 saturated carbocycles. The van der Waals surface area contributed by atoms with Crippen molar-refractivity contribution in [2.75, 3.05) is 6.54 Å². The normalized spacial score (nSPS) is 22.6. The number of amides is 2. The van der Waals surface area contributed by atoms with Gasteiger partial charge in [-0.3, -0.25) is 9.59 Å². The Bertz CT molecular complexity index is 671. The number of hydrogen-bond donors (Lipinski definition) is 2. The molecule has 2 aliphatic rings. The second-order valence-corrected chi connectivity index (χ2v) is 6.38. The highest BCUT2D eigenvalue weighted by Crippen LogP contribution is 2.49. The van der Waals surface area contributed by atoms with E-state index >= 15 is 0 Å². The number of nitrogens with one attached hydrogen (secondary N) is 2. The largest absolute Gasteiger partial charge is 0.416 e. The first-order valence-corrected chi connectivity index (χ1v) is 7.55. The molecule has 0 radical (unpaired) electrons. The lowest BCUT2D eigenvalue weighted by atomic mass is 9.99. The Labute approximate surface area is 135 Å². The van der Waals surface area contributed by atoms with Crippen molar-refractivity contribution >= 4 is 23.4 Å². The summed E-state index contributed by atoms with van der Waals surface area (Å²) in [6, 6.07) is 3.11. The number of rotatable bonds is 3. The minimum absolute atomic E-state index is 0.0955. The molecule has 1 atom stereocenters. The van der Waals surface area contributed by atoms with Crippen LogP contribution in [0.5, 0.6) is 0 Å². The van der Waals surface area contributed by atoms with E-state index in [0.717, 1.165) is 12.1 Å². The van der Waals surface area contributed by atoms with Gasteiger partial charge in [0.05, 0.1) is 17.0 Å². The van der Waals surface area contributed by atoms with Gasteiger partial charge >= 0.3 is 6.18 Å². The maximum atomic E-state index is 12.9. The van der Waals surface area contributed by atoms with Gasteiger partial charge in [0.15, 0.2) is 0 Å². The van der Waals surface area contributed by atoms with Crippen LogP contribution in [0.15, 0.2) is 18.2 Å². The Morgan fingerprint density at radius 1 is 1.35 bits per heavy atom. The summed E-state index contributed by atoms with van der Waals surface area (Å²) in [5.74, 6) is -1.04. The lowest BCUT2D eigenvalue weighted by Crippen LogP contribution is -2.40. The SMILES string of the molecule is O=C1CC(C(=O)NC2(c3cc(C(F)(F)F)ccc3Cl)CC2)CN1. The summed E-state index contributed by atoms with van der Waals surface area (Å²) in [5.41, 5.74) is -1.38. The predicted molar refractivity (Wildman–Crippen MR) is 76.6 cm³/mol. The van der Waals surface area contributed by atoms with Crippen molar-refractivity contribution in [3.63, 3.8) is 0 Å². The molecular weight excluding hydrogens is 333 g/mol. The van der Waals surface area contributed by atoms with Gasteiger partial charge in [-0.1, -0.05) is 11.6 Å². The number of carbonyl (C=O) groups is 2. The third-order valence-electron chi connectivity index (χ3n) is 4.27. The Balaban J connectivity index is 1.83. The Morgan fingerprint density at radius 3 is 2.57 bits per heavy atom. The van der Waals surface area contributed by atoms with Crippen LogP contribution < -0.4 is 10.6 Å². The summed E-state index contributed by atoms with van der Waals surface area (Å²) < 4.78 is 38.6. The van der Waals surface area contributed by atoms with Gasteiger partial charge in [-0.05, 0) is 36.6 Å². The third-order valence-corrected chi connectivity index (χ3v) is 4.60. The van der Waals surface area contributed by atoms with Gasteiger partial charge in [-0.2, -0.15) is 13.2 Å². The molecule has 2 N–H and O–H groups in total. The monoisotopic (exact) mass is 346 g/mol. The maximum Gasteiger partial charge on any atom is 0.416 e. The summed E-state index contributed by atoms with van der Waals surface area (Å²) in [4.78, 5) is 23.4. The van der Waals surface area contributed by atoms with Crippen molar-refractivity contribution in [2.24, 2.45) is 5.92 Å². The predicted octanol–water partition coefficient (Wildman–Crippen LogP) is 2.60. The van der Waals surface area contributed by atoms with E-state index in [9.17, 15) is 22.8 Å². The summed E-state index contributed by atoms with van der Waals surface area (Å²) in [6.07, 6.45) is -3.33. The first-order valence-electron chi connectivity index (χ1n) is 7.17. The highest BCUT2D eigenvalue weighted by molar-refractivity contribution is 6.31. The first kappa shape index (κ1) is 16.1. The molecule has 2 fully saturated rings. The van der Waals surface area contributed by atoms with Crippen LogP contribution in [0, 0.1) is 5.92 Å². The van der Waals surface area contributed by atoms with E-state index in [1.807, 2.05) is 0 Å². The van der Waals surface area contributed by atoms with Crippen LogP contribution in [0.25, 0.3) is 0 Å². The van der Waals surface area contributed by atoms with E-state index in [1.165, 1.54) is 6.07 Å². The Morgan fingerprint density at radius 2 is 2.04 bits per heavy atom. The molecule has 124 valence electrons. The summed E-state index contributed by atoms with van der Waals surface area (Å²) in [6.45, 7) is 0.247. The van der Waals surface area contributed by atoms with E-state index in [4.69, 9.17) is 11.6 Å². The van der Waals surface area contributed by atoms with Crippen LogP contribution in [-0.2, 0) is 21.3 Å². The van der Waals surface area contributed by atoms with E-state index in [-0.39, 0.29) is 35.4 Å². The molecule has 0 spiro atoms. The second kappa shape index (κ2) is 5.40. The minimum atomic E-state index is -4.47. The van der Waals surface area contributed by atoms with Gasteiger partial charge in [0.25, 0.3) is 0 Å². The highest BCUT2D eigenvalue weighted by Gasteiger charge is 2.49. The molecule has 1 aromatic rings. The van der Waals surface area contributed by atoms with Crippen LogP contribution in [-0.4, -0.2) is 18.4 Å². The van der Waals surface area contributed by atoms with Gasteiger partial charge in [0, 0.05) is 18.0 Å². The fraction of sp³-hybridized carbons (Fsp3) is 0.467. The van der Waals surface area contributed by atoms with Crippen LogP contribution in [0.4, 0.5) is 13.2 Å². The van der Waals surface area contributed by atoms with Crippen LogP contribution >= 0.6 is 11.6 Å². The van der Waals surface area contributed by atoms with Crippen LogP contribution in [0.3, 0.4) is 0 Å². The number of hydrogen-bond acceptors (Lipinski definition) is 2. The zero-order valence-electron chi connectivity index (χ0n) is 12.0. The van der Waals surface area contributed by atoms with Crippen molar-refractivity contribution in [2.45, 2.75) is 31.0 Å². The molecule has 0 aromatic heterocycles. The van der Waals surface area contributed by atoms with Crippen molar-refractivity contribution in [3.05, 3.63) is 34.3 Å². The minimum Gasteiger partial charge on any atom is -0.355 e. The van der Waals surface area contributed by atoms with Gasteiger partial charge < -0.3 is 10.6 Å². The third kappa shape index (κ3) is 3.15. The average Bonchev–Trinajstić information content (AvgIpc) is 3.09. The van der Waals surface area contributed by atoms with Crippen molar-refractivity contribution < 1.29 is 22.8 Å². The molecule has 1 aliphatic heterocycles. The van der Waals surface area contributed by atoms with Gasteiger partial charge in [0.2, 0.25) is 11.8 Å². The van der Waals surface area contributed by atoms with Crippen molar-refractivity contribution in [3.8, 4) is 0 Å². The molecule has 4 nitrogen and oxygen atoms in total. The zero-order valence-corrected chi connectivity index (χ0v) is 12.7. The highest BCUT2D eigenvalue weighted by atomic mass is 35.5. The quantitative estimate of drug-likeness (QED) is 0.884. The lowest BCUT2D eigenvalue weighted by Gasteiger charge is -2.22. The molecule has 8 heteroatoms. The summed E-state index contributed by atoms with van der Waals surface area (Å²) >= 11 is 6.05. The summed E-state index contributed by atoms with van der Waals surface area (Å²) in [5, 5.41) is 5.54. The molecule has 23 heavy (non-hydrogen) atoms. The first-order chi connectivity index (χ1) is 10.7. The standard InChI is InChI=1S/C15H14ClF3N2O2/c16-11-2-1-9(15(17,18)19)6-10(11)14(3-4-14)21-13(23)8-5-12(22)20-7-8/h1-2,6,8H,3-5,7H2,(H,20,22)(H,21,23).